The number of aromatic nitrogens is 2. The van der Waals surface area contributed by atoms with Crippen molar-refractivity contribution in [1.82, 2.24) is 19.8 Å². The van der Waals surface area contributed by atoms with E-state index in [4.69, 9.17) is 0 Å². The number of rotatable bonds is 4. The van der Waals surface area contributed by atoms with Crippen LogP contribution in [-0.2, 0) is 4.79 Å². The minimum atomic E-state index is -3.69. The molecule has 0 bridgehead atoms. The van der Waals surface area contributed by atoms with Crippen molar-refractivity contribution in [1.29, 1.82) is 0 Å². The van der Waals surface area contributed by atoms with Gasteiger partial charge in [0.15, 0.2) is 11.5 Å². The first kappa shape index (κ1) is 22.0. The summed E-state index contributed by atoms with van der Waals surface area (Å²) in [7, 11) is 0. The van der Waals surface area contributed by atoms with Crippen LogP contribution in [0.1, 0.15) is 16.1 Å². The number of carbonyl (C=O) groups is 2. The van der Waals surface area contributed by atoms with Crippen LogP contribution in [-0.4, -0.2) is 88.4 Å². The van der Waals surface area contributed by atoms with E-state index in [1.807, 2.05) is 0 Å². The van der Waals surface area contributed by atoms with Gasteiger partial charge in [-0.15, -0.1) is 8.78 Å². The van der Waals surface area contributed by atoms with Gasteiger partial charge in [-0.05, 0) is 29.8 Å². The Hall–Kier alpha value is -3.80. The SMILES string of the molecule is O=C(/C=C/c1ccc2c(c1)OC(F)(F)O2)N1CCN(C(=O)c2ccnc(N3CC(O)C3)n2)CC1. The fourth-order valence-electron chi connectivity index (χ4n) is 3.87. The molecule has 1 aromatic heterocycles. The second-order valence-electron chi connectivity index (χ2n) is 8.13. The summed E-state index contributed by atoms with van der Waals surface area (Å²) in [6.45, 7) is 2.25. The Kier molecular flexibility index (Phi) is 5.52. The van der Waals surface area contributed by atoms with E-state index in [9.17, 15) is 23.5 Å². The minimum Gasteiger partial charge on any atom is -0.395 e. The summed E-state index contributed by atoms with van der Waals surface area (Å²) < 4.78 is 35.1. The molecule has 0 radical (unpaired) electrons. The van der Waals surface area contributed by atoms with E-state index in [0.717, 1.165) is 0 Å². The molecule has 0 saturated carbocycles. The van der Waals surface area contributed by atoms with Crippen molar-refractivity contribution in [3.8, 4) is 11.5 Å². The second kappa shape index (κ2) is 8.52. The van der Waals surface area contributed by atoms with Crippen LogP contribution in [0, 0.1) is 0 Å². The Balaban J connectivity index is 1.15. The highest BCUT2D eigenvalue weighted by molar-refractivity contribution is 5.94. The van der Waals surface area contributed by atoms with E-state index < -0.39 is 12.4 Å². The largest absolute Gasteiger partial charge is 0.586 e. The number of carbonyl (C=O) groups excluding carboxylic acids is 2. The highest BCUT2D eigenvalue weighted by atomic mass is 19.3. The number of alkyl halides is 2. The maximum absolute atomic E-state index is 13.1. The van der Waals surface area contributed by atoms with Gasteiger partial charge < -0.3 is 29.3 Å². The Morgan fingerprint density at radius 1 is 1.06 bits per heavy atom. The highest BCUT2D eigenvalue weighted by Crippen LogP contribution is 2.41. The maximum Gasteiger partial charge on any atom is 0.586 e. The summed E-state index contributed by atoms with van der Waals surface area (Å²) in [5.74, 6) is -0.250. The topological polar surface area (TPSA) is 108 Å². The fourth-order valence-corrected chi connectivity index (χ4v) is 3.87. The van der Waals surface area contributed by atoms with E-state index in [2.05, 4.69) is 19.4 Å². The van der Waals surface area contributed by atoms with Gasteiger partial charge in [0.2, 0.25) is 11.9 Å². The predicted octanol–water partition coefficient (Wildman–Crippen LogP) is 0.977. The lowest BCUT2D eigenvalue weighted by Crippen LogP contribution is -2.52. The van der Waals surface area contributed by atoms with Gasteiger partial charge in [0.25, 0.3) is 5.91 Å². The van der Waals surface area contributed by atoms with Gasteiger partial charge in [0.1, 0.15) is 5.69 Å². The summed E-state index contributed by atoms with van der Waals surface area (Å²) >= 11 is 0. The lowest BCUT2D eigenvalue weighted by Gasteiger charge is -2.36. The van der Waals surface area contributed by atoms with Gasteiger partial charge in [-0.3, -0.25) is 9.59 Å². The smallest absolute Gasteiger partial charge is 0.395 e. The normalized spacial score (nSPS) is 19.4. The number of hydrogen-bond acceptors (Lipinski definition) is 8. The van der Waals surface area contributed by atoms with Gasteiger partial charge in [0.05, 0.1) is 6.10 Å². The molecule has 2 aromatic rings. The molecular formula is C22H21F2N5O5. The second-order valence-corrected chi connectivity index (χ2v) is 8.13. The fraction of sp³-hybridized carbons (Fsp3) is 0.364. The number of anilines is 1. The summed E-state index contributed by atoms with van der Waals surface area (Å²) in [4.78, 5) is 38.9. The lowest BCUT2D eigenvalue weighted by atomic mass is 10.2. The molecule has 34 heavy (non-hydrogen) atoms. The number of β-amino-alcohol motifs (C(OH)–C–C–N with tert-alkyl or cyclic N) is 1. The third-order valence-electron chi connectivity index (χ3n) is 5.73. The maximum atomic E-state index is 13.1. The molecule has 0 unspecified atom stereocenters. The first-order valence-corrected chi connectivity index (χ1v) is 10.7. The third kappa shape index (κ3) is 4.49. The highest BCUT2D eigenvalue weighted by Gasteiger charge is 2.43. The van der Waals surface area contributed by atoms with Crippen LogP contribution in [0.25, 0.3) is 6.08 Å². The summed E-state index contributed by atoms with van der Waals surface area (Å²) in [5.41, 5.74) is 0.774. The van der Waals surface area contributed by atoms with E-state index in [-0.39, 0.29) is 29.0 Å². The number of ether oxygens (including phenoxy) is 2. The van der Waals surface area contributed by atoms with Crippen LogP contribution < -0.4 is 14.4 Å². The summed E-state index contributed by atoms with van der Waals surface area (Å²) in [6, 6.07) is 5.81. The number of aliphatic hydroxyl groups is 1. The molecule has 1 N–H and O–H groups in total. The van der Waals surface area contributed by atoms with Gasteiger partial charge >= 0.3 is 6.29 Å². The van der Waals surface area contributed by atoms with Crippen LogP contribution in [0.3, 0.4) is 0 Å². The molecule has 5 rings (SSSR count). The molecule has 0 aliphatic carbocycles. The molecule has 178 valence electrons. The zero-order valence-electron chi connectivity index (χ0n) is 17.9. The van der Waals surface area contributed by atoms with E-state index in [1.54, 1.807) is 26.8 Å². The number of hydrogen-bond donors (Lipinski definition) is 1. The average Bonchev–Trinajstić information content (AvgIpc) is 3.13. The zero-order valence-corrected chi connectivity index (χ0v) is 17.9. The van der Waals surface area contributed by atoms with E-state index in [0.29, 0.717) is 50.8 Å². The van der Waals surface area contributed by atoms with Crippen LogP contribution >= 0.6 is 0 Å². The van der Waals surface area contributed by atoms with E-state index in [1.165, 1.54) is 30.5 Å². The number of aliphatic hydroxyl groups excluding tert-OH is 1. The van der Waals surface area contributed by atoms with Gasteiger partial charge in [0, 0.05) is 51.5 Å². The number of amides is 2. The van der Waals surface area contributed by atoms with Crippen LogP contribution in [0.15, 0.2) is 36.5 Å². The molecule has 2 saturated heterocycles. The number of halogens is 2. The third-order valence-corrected chi connectivity index (χ3v) is 5.73. The van der Waals surface area contributed by atoms with Gasteiger partial charge in [-0.25, -0.2) is 9.97 Å². The first-order valence-electron chi connectivity index (χ1n) is 10.7. The number of fused-ring (bicyclic) bond motifs is 1. The van der Waals surface area contributed by atoms with Crippen molar-refractivity contribution in [2.45, 2.75) is 12.4 Å². The monoisotopic (exact) mass is 473 g/mol. The van der Waals surface area contributed by atoms with Gasteiger partial charge in [-0.2, -0.15) is 0 Å². The predicted molar refractivity (Wildman–Crippen MR) is 114 cm³/mol. The van der Waals surface area contributed by atoms with Crippen molar-refractivity contribution in [2.75, 3.05) is 44.2 Å². The summed E-state index contributed by atoms with van der Waals surface area (Å²) in [6.07, 6.45) is 0.280. The molecule has 4 heterocycles. The Bertz CT molecular complexity index is 1150. The van der Waals surface area contributed by atoms with Crippen molar-refractivity contribution in [3.63, 3.8) is 0 Å². The summed E-state index contributed by atoms with van der Waals surface area (Å²) in [5, 5.41) is 9.44. The average molecular weight is 473 g/mol. The van der Waals surface area contributed by atoms with Crippen LogP contribution in [0.2, 0.25) is 0 Å². The molecule has 3 aliphatic heterocycles. The van der Waals surface area contributed by atoms with Crippen molar-refractivity contribution >= 4 is 23.8 Å². The first-order chi connectivity index (χ1) is 16.3. The lowest BCUT2D eigenvalue weighted by molar-refractivity contribution is -0.286. The molecule has 3 aliphatic rings. The quantitative estimate of drug-likeness (QED) is 0.655. The molecule has 0 spiro atoms. The molecule has 0 atom stereocenters. The molecular weight excluding hydrogens is 452 g/mol. The van der Waals surface area contributed by atoms with Gasteiger partial charge in [-0.1, -0.05) is 6.07 Å². The van der Waals surface area contributed by atoms with Crippen LogP contribution in [0.5, 0.6) is 11.5 Å². The zero-order chi connectivity index (χ0) is 23.9. The van der Waals surface area contributed by atoms with Crippen LogP contribution in [0.4, 0.5) is 14.7 Å². The number of piperazine rings is 1. The van der Waals surface area contributed by atoms with Crippen molar-refractivity contribution in [3.05, 3.63) is 47.8 Å². The Morgan fingerprint density at radius 3 is 2.50 bits per heavy atom. The van der Waals surface area contributed by atoms with Crippen molar-refractivity contribution < 1.29 is 33.0 Å². The Labute approximate surface area is 193 Å². The van der Waals surface area contributed by atoms with Crippen molar-refractivity contribution in [2.24, 2.45) is 0 Å². The van der Waals surface area contributed by atoms with E-state index >= 15 is 0 Å². The molecule has 10 nitrogen and oxygen atoms in total. The number of nitrogens with zero attached hydrogens (tertiary/aromatic N) is 5. The Morgan fingerprint density at radius 2 is 1.76 bits per heavy atom. The standard InChI is InChI=1S/C22H21F2N5O5/c23-22(24)33-17-3-1-14(11-18(17)34-22)2-4-19(31)27-7-9-28(10-8-27)20(32)16-5-6-25-21(26-16)29-12-15(30)13-29/h1-6,11,15,30H,7-10,12-13H2/b4-2+. The molecule has 2 amide bonds. The molecule has 12 heteroatoms. The molecule has 1 aromatic carbocycles. The molecule has 2 fully saturated rings. The number of benzene rings is 1. The minimum absolute atomic E-state index is 0.0625.